The highest BCUT2D eigenvalue weighted by Gasteiger charge is 2.09. The molecule has 0 bridgehead atoms. The second kappa shape index (κ2) is 5.09. The Balaban J connectivity index is 2.04. The van der Waals surface area contributed by atoms with E-state index in [0.29, 0.717) is 5.69 Å². The normalized spacial score (nSPS) is 10.3. The summed E-state index contributed by atoms with van der Waals surface area (Å²) < 4.78 is 25.9. The lowest BCUT2D eigenvalue weighted by Crippen LogP contribution is -2.03. The number of thiazole rings is 1. The minimum Gasteiger partial charge on any atom is -0.476 e. The van der Waals surface area contributed by atoms with Crippen molar-refractivity contribution in [2.75, 3.05) is 5.32 Å². The third kappa shape index (κ3) is 2.80. The maximum Gasteiger partial charge on any atom is 0.365 e. The first-order chi connectivity index (χ1) is 8.56. The van der Waals surface area contributed by atoms with Gasteiger partial charge in [0.1, 0.15) is 11.6 Å². The largest absolute Gasteiger partial charge is 0.476 e. The predicted molar refractivity (Wildman–Crippen MR) is 62.8 cm³/mol. The molecule has 0 aliphatic rings. The van der Waals surface area contributed by atoms with Crippen molar-refractivity contribution in [3.63, 3.8) is 0 Å². The predicted octanol–water partition coefficient (Wildman–Crippen LogP) is 2.73. The highest BCUT2D eigenvalue weighted by atomic mass is 32.1. The van der Waals surface area contributed by atoms with Crippen molar-refractivity contribution in [2.24, 2.45) is 0 Å². The van der Waals surface area contributed by atoms with E-state index in [0.717, 1.165) is 23.5 Å². The molecule has 0 aliphatic carbocycles. The molecule has 94 valence electrons. The van der Waals surface area contributed by atoms with Gasteiger partial charge >= 0.3 is 5.97 Å². The summed E-state index contributed by atoms with van der Waals surface area (Å²) in [6.07, 6.45) is 0. The summed E-state index contributed by atoms with van der Waals surface area (Å²) >= 11 is 0.995. The van der Waals surface area contributed by atoms with Gasteiger partial charge in [-0.15, -0.1) is 11.3 Å². The van der Waals surface area contributed by atoms with Gasteiger partial charge in [0.15, 0.2) is 0 Å². The number of rotatable bonds is 4. The summed E-state index contributed by atoms with van der Waals surface area (Å²) in [5.74, 6) is -2.46. The number of hydrogen-bond acceptors (Lipinski definition) is 4. The summed E-state index contributed by atoms with van der Waals surface area (Å²) in [5.41, 5.74) is 0.627. The van der Waals surface area contributed by atoms with Crippen molar-refractivity contribution in [1.29, 1.82) is 0 Å². The van der Waals surface area contributed by atoms with Crippen LogP contribution < -0.4 is 5.32 Å². The lowest BCUT2D eigenvalue weighted by Gasteiger charge is -2.05. The van der Waals surface area contributed by atoms with Crippen LogP contribution in [0, 0.1) is 11.6 Å². The zero-order chi connectivity index (χ0) is 13.1. The van der Waals surface area contributed by atoms with E-state index in [2.05, 4.69) is 10.3 Å². The molecular formula is C11H8F2N2O2S. The fourth-order valence-electron chi connectivity index (χ4n) is 1.31. The van der Waals surface area contributed by atoms with Crippen molar-refractivity contribution in [3.05, 3.63) is 45.9 Å². The van der Waals surface area contributed by atoms with Crippen LogP contribution >= 0.6 is 11.3 Å². The molecule has 1 aromatic heterocycles. The number of carboxylic acid groups (broad SMARTS) is 1. The molecule has 4 nitrogen and oxygen atoms in total. The first-order valence-electron chi connectivity index (χ1n) is 4.93. The van der Waals surface area contributed by atoms with Gasteiger partial charge in [0.05, 0.1) is 17.9 Å². The Morgan fingerprint density at radius 1 is 1.44 bits per heavy atom. The van der Waals surface area contributed by atoms with Crippen LogP contribution in [0.5, 0.6) is 0 Å². The van der Waals surface area contributed by atoms with E-state index in [1.54, 1.807) is 5.38 Å². The van der Waals surface area contributed by atoms with Gasteiger partial charge in [-0.2, -0.15) is 0 Å². The topological polar surface area (TPSA) is 62.2 Å². The van der Waals surface area contributed by atoms with Crippen LogP contribution in [-0.2, 0) is 6.54 Å². The summed E-state index contributed by atoms with van der Waals surface area (Å²) in [7, 11) is 0. The number of nitrogens with zero attached hydrogens (tertiary/aromatic N) is 1. The summed E-state index contributed by atoms with van der Waals surface area (Å²) in [5, 5.41) is 12.9. The number of nitrogens with one attached hydrogen (secondary N) is 1. The first-order valence-corrected chi connectivity index (χ1v) is 5.81. The number of carboxylic acids is 1. The Labute approximate surface area is 105 Å². The molecule has 0 saturated carbocycles. The number of anilines is 1. The van der Waals surface area contributed by atoms with Crippen LogP contribution in [-0.4, -0.2) is 16.1 Å². The van der Waals surface area contributed by atoms with Crippen LogP contribution in [0.3, 0.4) is 0 Å². The van der Waals surface area contributed by atoms with Gasteiger partial charge in [0, 0.05) is 11.4 Å². The van der Waals surface area contributed by atoms with Gasteiger partial charge < -0.3 is 10.4 Å². The molecule has 0 saturated heterocycles. The monoisotopic (exact) mass is 270 g/mol. The highest BCUT2D eigenvalue weighted by Crippen LogP contribution is 2.17. The molecule has 0 spiro atoms. The maximum absolute atomic E-state index is 13.3. The lowest BCUT2D eigenvalue weighted by atomic mass is 10.3. The molecule has 0 atom stereocenters. The molecule has 2 N–H and O–H groups in total. The van der Waals surface area contributed by atoms with Gasteiger partial charge in [0.2, 0.25) is 5.01 Å². The molecule has 0 amide bonds. The van der Waals surface area contributed by atoms with Gasteiger partial charge in [-0.05, 0) is 12.1 Å². The summed E-state index contributed by atoms with van der Waals surface area (Å²) in [6.45, 7) is 0.173. The molecule has 1 heterocycles. The van der Waals surface area contributed by atoms with Gasteiger partial charge in [0.25, 0.3) is 0 Å². The fourth-order valence-corrected chi connectivity index (χ4v) is 1.96. The minimum absolute atomic E-state index is 0.0219. The molecule has 0 unspecified atom stereocenters. The lowest BCUT2D eigenvalue weighted by molar-refractivity contribution is 0.0696. The highest BCUT2D eigenvalue weighted by molar-refractivity contribution is 7.11. The smallest absolute Gasteiger partial charge is 0.365 e. The fraction of sp³-hybridized carbons (Fsp3) is 0.0909. The van der Waals surface area contributed by atoms with E-state index in [9.17, 15) is 13.6 Å². The number of halogens is 2. The zero-order valence-electron chi connectivity index (χ0n) is 8.98. The number of carbonyl (C=O) groups is 1. The molecule has 1 aromatic carbocycles. The summed E-state index contributed by atoms with van der Waals surface area (Å²) in [4.78, 5) is 14.4. The van der Waals surface area contributed by atoms with Crippen molar-refractivity contribution >= 4 is 23.0 Å². The van der Waals surface area contributed by atoms with Crippen LogP contribution in [0.15, 0.2) is 23.6 Å². The molecule has 0 fully saturated rings. The number of aromatic carboxylic acids is 1. The van der Waals surface area contributed by atoms with E-state index in [1.165, 1.54) is 6.07 Å². The Bertz CT molecular complexity index is 586. The Hall–Kier alpha value is -2.02. The van der Waals surface area contributed by atoms with E-state index in [-0.39, 0.29) is 17.2 Å². The average Bonchev–Trinajstić information content (AvgIpc) is 2.76. The van der Waals surface area contributed by atoms with Crippen LogP contribution in [0.4, 0.5) is 14.5 Å². The number of hydrogen-bond donors (Lipinski definition) is 2. The van der Waals surface area contributed by atoms with Crippen molar-refractivity contribution in [2.45, 2.75) is 6.54 Å². The van der Waals surface area contributed by atoms with E-state index in [4.69, 9.17) is 5.11 Å². The molecule has 0 radical (unpaired) electrons. The Morgan fingerprint density at radius 3 is 2.83 bits per heavy atom. The third-order valence-electron chi connectivity index (χ3n) is 2.13. The second-order valence-electron chi connectivity index (χ2n) is 3.43. The molecule has 7 heteroatoms. The van der Waals surface area contributed by atoms with Gasteiger partial charge in [-0.1, -0.05) is 0 Å². The molecule has 2 rings (SSSR count). The van der Waals surface area contributed by atoms with Crippen LogP contribution in [0.1, 0.15) is 15.5 Å². The Kier molecular flexibility index (Phi) is 3.52. The van der Waals surface area contributed by atoms with E-state index >= 15 is 0 Å². The number of aromatic nitrogens is 1. The van der Waals surface area contributed by atoms with Gasteiger partial charge in [-0.3, -0.25) is 0 Å². The van der Waals surface area contributed by atoms with Crippen LogP contribution in [0.25, 0.3) is 0 Å². The maximum atomic E-state index is 13.3. The standard InChI is InChI=1S/C11H8F2N2O2S/c12-6-1-2-9(8(13)3-6)14-4-7-5-18-10(15-7)11(16)17/h1-3,5,14H,4H2,(H,16,17). The zero-order valence-corrected chi connectivity index (χ0v) is 9.80. The minimum atomic E-state index is -1.10. The first kappa shape index (κ1) is 12.4. The number of benzene rings is 1. The molecule has 0 aliphatic heterocycles. The van der Waals surface area contributed by atoms with Crippen molar-refractivity contribution < 1.29 is 18.7 Å². The molecule has 18 heavy (non-hydrogen) atoms. The van der Waals surface area contributed by atoms with Gasteiger partial charge in [-0.25, -0.2) is 18.6 Å². The van der Waals surface area contributed by atoms with Crippen molar-refractivity contribution in [3.8, 4) is 0 Å². The van der Waals surface area contributed by atoms with E-state index < -0.39 is 17.6 Å². The van der Waals surface area contributed by atoms with Crippen molar-refractivity contribution in [1.82, 2.24) is 4.98 Å². The summed E-state index contributed by atoms with van der Waals surface area (Å²) in [6, 6.07) is 3.18. The molecular weight excluding hydrogens is 262 g/mol. The molecule has 2 aromatic rings. The second-order valence-corrected chi connectivity index (χ2v) is 4.28. The van der Waals surface area contributed by atoms with Crippen LogP contribution in [0.2, 0.25) is 0 Å². The quantitative estimate of drug-likeness (QED) is 0.896. The van der Waals surface area contributed by atoms with E-state index in [1.807, 2.05) is 0 Å². The third-order valence-corrected chi connectivity index (χ3v) is 3.00. The Morgan fingerprint density at radius 2 is 2.22 bits per heavy atom. The SMILES string of the molecule is O=C(O)c1nc(CNc2ccc(F)cc2F)cs1. The average molecular weight is 270 g/mol.